The van der Waals surface area contributed by atoms with Gasteiger partial charge in [0.05, 0.1) is 0 Å². The molecule has 1 aliphatic heterocycles. The molecule has 0 unspecified atom stereocenters. The number of aromatic nitrogens is 1. The number of hydrazine groups is 1. The third-order valence-electron chi connectivity index (χ3n) is 2.72. The first-order valence-corrected chi connectivity index (χ1v) is 5.79. The normalized spacial score (nSPS) is 12.3. The van der Waals surface area contributed by atoms with Crippen molar-refractivity contribution in [3.8, 4) is 17.2 Å². The van der Waals surface area contributed by atoms with Gasteiger partial charge in [-0.2, -0.15) is 0 Å². The Morgan fingerprint density at radius 1 is 1.21 bits per heavy atom. The van der Waals surface area contributed by atoms with Gasteiger partial charge in [0.2, 0.25) is 6.79 Å². The summed E-state index contributed by atoms with van der Waals surface area (Å²) in [6, 6.07) is 9.23. The largest absolute Gasteiger partial charge is 0.489 e. The predicted molar refractivity (Wildman–Crippen MR) is 68.9 cm³/mol. The van der Waals surface area contributed by atoms with E-state index in [-0.39, 0.29) is 6.79 Å². The van der Waals surface area contributed by atoms with Gasteiger partial charge in [0, 0.05) is 12.3 Å². The van der Waals surface area contributed by atoms with E-state index in [1.54, 1.807) is 18.3 Å². The van der Waals surface area contributed by atoms with Crippen LogP contribution in [0.5, 0.6) is 17.2 Å². The van der Waals surface area contributed by atoms with E-state index in [1.807, 2.05) is 18.2 Å². The van der Waals surface area contributed by atoms with Gasteiger partial charge in [-0.15, -0.1) is 0 Å². The summed E-state index contributed by atoms with van der Waals surface area (Å²) in [5, 5.41) is 0. The van der Waals surface area contributed by atoms with E-state index < -0.39 is 0 Å². The van der Waals surface area contributed by atoms with Crippen LogP contribution >= 0.6 is 0 Å². The summed E-state index contributed by atoms with van der Waals surface area (Å²) in [5.41, 5.74) is 3.47. The molecular formula is C13H13N3O3. The molecule has 0 bridgehead atoms. The monoisotopic (exact) mass is 259 g/mol. The summed E-state index contributed by atoms with van der Waals surface area (Å²) >= 11 is 0. The number of fused-ring (bicyclic) bond motifs is 1. The van der Waals surface area contributed by atoms with E-state index in [2.05, 4.69) is 10.4 Å². The van der Waals surface area contributed by atoms with Crippen LogP contribution in [0.1, 0.15) is 5.56 Å². The zero-order chi connectivity index (χ0) is 13.1. The third kappa shape index (κ3) is 2.53. The SMILES string of the molecule is NNc1cc(OCc2ccc3c(c2)OCO3)ccn1. The summed E-state index contributed by atoms with van der Waals surface area (Å²) in [4.78, 5) is 4.01. The maximum atomic E-state index is 5.66. The number of nitrogens with two attached hydrogens (primary N) is 1. The molecule has 0 radical (unpaired) electrons. The third-order valence-corrected chi connectivity index (χ3v) is 2.72. The van der Waals surface area contributed by atoms with Crippen molar-refractivity contribution in [3.05, 3.63) is 42.1 Å². The van der Waals surface area contributed by atoms with E-state index in [4.69, 9.17) is 20.1 Å². The van der Waals surface area contributed by atoms with Crippen molar-refractivity contribution >= 4 is 5.82 Å². The molecule has 6 nitrogen and oxygen atoms in total. The van der Waals surface area contributed by atoms with Crippen LogP contribution in [0.3, 0.4) is 0 Å². The molecule has 2 heterocycles. The number of nitrogen functional groups attached to an aromatic ring is 1. The molecule has 0 saturated heterocycles. The minimum atomic E-state index is 0.273. The van der Waals surface area contributed by atoms with Gasteiger partial charge in [-0.1, -0.05) is 6.07 Å². The van der Waals surface area contributed by atoms with E-state index in [0.717, 1.165) is 17.1 Å². The van der Waals surface area contributed by atoms with E-state index in [9.17, 15) is 0 Å². The Morgan fingerprint density at radius 2 is 2.11 bits per heavy atom. The number of nitrogens with one attached hydrogen (secondary N) is 1. The molecule has 98 valence electrons. The van der Waals surface area contributed by atoms with Crippen LogP contribution in [0, 0.1) is 0 Å². The molecule has 0 saturated carbocycles. The van der Waals surface area contributed by atoms with Gasteiger partial charge < -0.3 is 19.6 Å². The number of anilines is 1. The quantitative estimate of drug-likeness (QED) is 0.642. The average molecular weight is 259 g/mol. The number of nitrogens with zero attached hydrogens (tertiary/aromatic N) is 1. The van der Waals surface area contributed by atoms with Gasteiger partial charge in [-0.25, -0.2) is 10.8 Å². The lowest BCUT2D eigenvalue weighted by molar-refractivity contribution is 0.174. The van der Waals surface area contributed by atoms with Crippen LogP contribution < -0.4 is 25.5 Å². The van der Waals surface area contributed by atoms with Crippen molar-refractivity contribution in [2.45, 2.75) is 6.61 Å². The van der Waals surface area contributed by atoms with Crippen LogP contribution in [0.15, 0.2) is 36.5 Å². The Labute approximate surface area is 110 Å². The first-order chi connectivity index (χ1) is 9.35. The fourth-order valence-corrected chi connectivity index (χ4v) is 1.78. The molecule has 0 aliphatic carbocycles. The Bertz CT molecular complexity index is 589. The second-order valence-electron chi connectivity index (χ2n) is 4.00. The van der Waals surface area contributed by atoms with Crippen molar-refractivity contribution < 1.29 is 14.2 Å². The standard InChI is InChI=1S/C13H13N3O3/c14-16-13-6-10(3-4-15-13)17-7-9-1-2-11-12(5-9)19-8-18-11/h1-6H,7-8,14H2,(H,15,16). The van der Waals surface area contributed by atoms with Gasteiger partial charge in [-0.3, -0.25) is 0 Å². The van der Waals surface area contributed by atoms with E-state index in [0.29, 0.717) is 18.2 Å². The van der Waals surface area contributed by atoms with Crippen molar-refractivity contribution in [2.24, 2.45) is 5.84 Å². The van der Waals surface area contributed by atoms with Crippen molar-refractivity contribution in [2.75, 3.05) is 12.2 Å². The Kier molecular flexibility index (Phi) is 3.07. The molecule has 1 aromatic heterocycles. The molecular weight excluding hydrogens is 246 g/mol. The lowest BCUT2D eigenvalue weighted by Gasteiger charge is -2.08. The fraction of sp³-hybridized carbons (Fsp3) is 0.154. The molecule has 19 heavy (non-hydrogen) atoms. The topological polar surface area (TPSA) is 78.6 Å². The molecule has 1 aliphatic rings. The fourth-order valence-electron chi connectivity index (χ4n) is 1.78. The second kappa shape index (κ2) is 5.03. The van der Waals surface area contributed by atoms with Crippen LogP contribution in [0.25, 0.3) is 0 Å². The highest BCUT2D eigenvalue weighted by atomic mass is 16.7. The maximum Gasteiger partial charge on any atom is 0.231 e. The molecule has 3 rings (SSSR count). The molecule has 0 atom stereocenters. The molecule has 0 amide bonds. The van der Waals surface area contributed by atoms with Crippen LogP contribution in [0.2, 0.25) is 0 Å². The van der Waals surface area contributed by atoms with Crippen LogP contribution in [-0.2, 0) is 6.61 Å². The zero-order valence-electron chi connectivity index (χ0n) is 10.1. The minimum absolute atomic E-state index is 0.273. The molecule has 3 N–H and O–H groups in total. The first-order valence-electron chi connectivity index (χ1n) is 5.79. The highest BCUT2D eigenvalue weighted by Gasteiger charge is 2.13. The number of hydrogen-bond acceptors (Lipinski definition) is 6. The number of benzene rings is 1. The minimum Gasteiger partial charge on any atom is -0.489 e. The van der Waals surface area contributed by atoms with Crippen molar-refractivity contribution in [1.82, 2.24) is 4.98 Å². The summed E-state index contributed by atoms with van der Waals surface area (Å²) < 4.78 is 16.2. The average Bonchev–Trinajstić information content (AvgIpc) is 2.93. The Hall–Kier alpha value is -2.47. The predicted octanol–water partition coefficient (Wildman–Crippen LogP) is 1.67. The molecule has 2 aromatic rings. The summed E-state index contributed by atoms with van der Waals surface area (Å²) in [6.07, 6.45) is 1.63. The summed E-state index contributed by atoms with van der Waals surface area (Å²) in [6.45, 7) is 0.709. The summed E-state index contributed by atoms with van der Waals surface area (Å²) in [5.74, 6) is 8.06. The van der Waals surface area contributed by atoms with E-state index in [1.165, 1.54) is 0 Å². The van der Waals surface area contributed by atoms with Crippen LogP contribution in [0.4, 0.5) is 5.82 Å². The number of rotatable bonds is 4. The van der Waals surface area contributed by atoms with Gasteiger partial charge in [-0.05, 0) is 23.8 Å². The van der Waals surface area contributed by atoms with Gasteiger partial charge in [0.15, 0.2) is 11.5 Å². The Balaban J connectivity index is 1.68. The smallest absolute Gasteiger partial charge is 0.231 e. The van der Waals surface area contributed by atoms with E-state index >= 15 is 0 Å². The van der Waals surface area contributed by atoms with Crippen molar-refractivity contribution in [3.63, 3.8) is 0 Å². The maximum absolute atomic E-state index is 5.66. The lowest BCUT2D eigenvalue weighted by atomic mass is 10.2. The molecule has 0 fully saturated rings. The van der Waals surface area contributed by atoms with Gasteiger partial charge in [0.1, 0.15) is 18.2 Å². The number of ether oxygens (including phenoxy) is 3. The lowest BCUT2D eigenvalue weighted by Crippen LogP contribution is -2.08. The molecule has 6 heteroatoms. The molecule has 1 aromatic carbocycles. The zero-order valence-corrected chi connectivity index (χ0v) is 10.1. The van der Waals surface area contributed by atoms with Gasteiger partial charge >= 0.3 is 0 Å². The Morgan fingerprint density at radius 3 is 3.00 bits per heavy atom. The number of pyridine rings is 1. The van der Waals surface area contributed by atoms with Gasteiger partial charge in [0.25, 0.3) is 0 Å². The second-order valence-corrected chi connectivity index (χ2v) is 4.00. The van der Waals surface area contributed by atoms with Crippen molar-refractivity contribution in [1.29, 1.82) is 0 Å². The first kappa shape index (κ1) is 11.6. The number of hydrogen-bond donors (Lipinski definition) is 2. The highest BCUT2D eigenvalue weighted by Crippen LogP contribution is 2.32. The van der Waals surface area contributed by atoms with Crippen LogP contribution in [-0.4, -0.2) is 11.8 Å². The molecule has 0 spiro atoms. The summed E-state index contributed by atoms with van der Waals surface area (Å²) in [7, 11) is 0. The highest BCUT2D eigenvalue weighted by molar-refractivity contribution is 5.44.